The number of unbranched alkanes of at least 4 members (excludes halogenated alkanes) is 1. The largest absolute Gasteiger partial charge is 0.460 e. The van der Waals surface area contributed by atoms with E-state index in [4.69, 9.17) is 9.15 Å². The maximum atomic E-state index is 12.4. The first-order valence-corrected chi connectivity index (χ1v) is 8.48. The van der Waals surface area contributed by atoms with Gasteiger partial charge in [-0.2, -0.15) is 0 Å². The lowest BCUT2D eigenvalue weighted by Crippen LogP contribution is -2.08. The highest BCUT2D eigenvalue weighted by molar-refractivity contribution is 5.77. The van der Waals surface area contributed by atoms with Crippen LogP contribution >= 0.6 is 0 Å². The number of halogens is 1. The smallest absolute Gasteiger partial charge is 0.292 e. The van der Waals surface area contributed by atoms with Crippen LogP contribution in [0, 0.1) is 6.92 Å². The van der Waals surface area contributed by atoms with E-state index in [1.807, 2.05) is 36.4 Å². The monoisotopic (exact) mass is 339 g/mol. The number of hydrogen-bond donors (Lipinski definition) is 0. The van der Waals surface area contributed by atoms with Crippen LogP contribution in [0.1, 0.15) is 29.5 Å². The van der Waals surface area contributed by atoms with E-state index in [1.165, 1.54) is 5.56 Å². The van der Waals surface area contributed by atoms with Crippen molar-refractivity contribution in [2.45, 2.75) is 32.8 Å². The molecule has 0 radical (unpaired) electrons. The minimum Gasteiger partial charge on any atom is -0.460 e. The van der Waals surface area contributed by atoms with Gasteiger partial charge in [0.25, 0.3) is 5.95 Å². The Bertz CT molecular complexity index is 897. The van der Waals surface area contributed by atoms with Crippen molar-refractivity contribution in [1.82, 2.24) is 0 Å². The highest BCUT2D eigenvalue weighted by Crippen LogP contribution is 2.22. The number of para-hydroxylation sites is 1. The molecule has 0 bridgehead atoms. The lowest BCUT2D eigenvalue weighted by molar-refractivity contribution is 0.232. The van der Waals surface area contributed by atoms with Gasteiger partial charge in [-0.3, -0.25) is 9.18 Å². The fourth-order valence-corrected chi connectivity index (χ4v) is 2.73. The summed E-state index contributed by atoms with van der Waals surface area (Å²) in [5.41, 5.74) is 3.10. The van der Waals surface area contributed by atoms with Crippen molar-refractivity contribution in [2.75, 3.05) is 6.67 Å². The van der Waals surface area contributed by atoms with Crippen LogP contribution in [0.2, 0.25) is 0 Å². The number of hydrogen-bond acceptors (Lipinski definition) is 3. The zero-order chi connectivity index (χ0) is 17.6. The Morgan fingerprint density at radius 3 is 2.48 bits per heavy atom. The summed E-state index contributed by atoms with van der Waals surface area (Å²) in [5.74, 6) is 0.260. The van der Waals surface area contributed by atoms with E-state index in [-0.39, 0.29) is 18.0 Å². The molecule has 25 heavy (non-hydrogen) atoms. The summed E-state index contributed by atoms with van der Waals surface area (Å²) in [6.07, 6.45) is 2.34. The van der Waals surface area contributed by atoms with Crippen molar-refractivity contribution >= 4 is 11.0 Å². The van der Waals surface area contributed by atoms with Crippen LogP contribution in [0.15, 0.2) is 57.7 Å². The first kappa shape index (κ1) is 17.2. The molecule has 0 N–H and O–H groups in total. The van der Waals surface area contributed by atoms with E-state index in [1.54, 1.807) is 19.1 Å². The second-order valence-corrected chi connectivity index (χ2v) is 6.09. The van der Waals surface area contributed by atoms with Gasteiger partial charge in [0.05, 0.1) is 17.6 Å². The van der Waals surface area contributed by atoms with Crippen LogP contribution in [0.25, 0.3) is 11.0 Å². The normalized spacial score (nSPS) is 11.0. The molecule has 0 aliphatic heterocycles. The fraction of sp³-hybridized carbons (Fsp3) is 0.286. The number of benzene rings is 2. The van der Waals surface area contributed by atoms with Crippen LogP contribution < -0.4 is 10.2 Å². The molecule has 3 rings (SSSR count). The molecule has 1 heterocycles. The van der Waals surface area contributed by atoms with Gasteiger partial charge in [-0.05, 0) is 49.4 Å². The van der Waals surface area contributed by atoms with Gasteiger partial charge in [0.15, 0.2) is 5.43 Å². The summed E-state index contributed by atoms with van der Waals surface area (Å²) >= 11 is 0. The van der Waals surface area contributed by atoms with Crippen molar-refractivity contribution in [3.05, 3.63) is 75.4 Å². The molecule has 0 aliphatic carbocycles. The van der Waals surface area contributed by atoms with Crippen molar-refractivity contribution in [3.63, 3.8) is 0 Å². The Balaban J connectivity index is 1.70. The Morgan fingerprint density at radius 2 is 1.72 bits per heavy atom. The zero-order valence-electron chi connectivity index (χ0n) is 14.3. The molecule has 0 amide bonds. The molecule has 3 nitrogen and oxygen atoms in total. The minimum absolute atomic E-state index is 0.0694. The van der Waals surface area contributed by atoms with Crippen LogP contribution in [-0.2, 0) is 13.0 Å². The van der Waals surface area contributed by atoms with Gasteiger partial charge < -0.3 is 9.15 Å². The lowest BCUT2D eigenvalue weighted by Gasteiger charge is -2.09. The molecule has 130 valence electrons. The summed E-state index contributed by atoms with van der Waals surface area (Å²) in [7, 11) is 0. The van der Waals surface area contributed by atoms with Crippen LogP contribution in [0.3, 0.4) is 0 Å². The fourth-order valence-electron chi connectivity index (χ4n) is 2.73. The average Bonchev–Trinajstić information content (AvgIpc) is 2.65. The van der Waals surface area contributed by atoms with E-state index >= 15 is 0 Å². The number of alkyl halides is 1. The molecule has 0 spiro atoms. The Morgan fingerprint density at radius 1 is 1.00 bits per heavy atom. The molecule has 0 saturated carbocycles. The quantitative estimate of drug-likeness (QED) is 0.570. The van der Waals surface area contributed by atoms with Crippen LogP contribution in [0.5, 0.6) is 5.95 Å². The summed E-state index contributed by atoms with van der Waals surface area (Å²) in [5, 5.41) is 0.560. The van der Waals surface area contributed by atoms with Gasteiger partial charge >= 0.3 is 0 Å². The molecule has 0 aliphatic rings. The number of ether oxygens (including phenoxy) is 1. The van der Waals surface area contributed by atoms with Gasteiger partial charge in [0.2, 0.25) is 0 Å². The summed E-state index contributed by atoms with van der Waals surface area (Å²) < 4.78 is 23.6. The highest BCUT2D eigenvalue weighted by atomic mass is 18.2. The zero-order valence-corrected chi connectivity index (χ0v) is 14.3. The van der Waals surface area contributed by atoms with E-state index in [9.17, 15) is 9.18 Å². The molecular formula is C21H21FO3. The molecule has 0 unspecified atom stereocenters. The van der Waals surface area contributed by atoms with E-state index < -0.39 is 0 Å². The number of aryl methyl sites for hydroxylation is 1. The van der Waals surface area contributed by atoms with Crippen LogP contribution in [0.4, 0.5) is 4.39 Å². The summed E-state index contributed by atoms with van der Waals surface area (Å²) in [6, 6.07) is 15.2. The number of rotatable bonds is 7. The molecule has 1 aromatic heterocycles. The van der Waals surface area contributed by atoms with Gasteiger partial charge in [-0.1, -0.05) is 36.4 Å². The molecule has 0 saturated heterocycles. The summed E-state index contributed by atoms with van der Waals surface area (Å²) in [6.45, 7) is 1.77. The van der Waals surface area contributed by atoms with Crippen molar-refractivity contribution in [3.8, 4) is 5.95 Å². The molecule has 4 heteroatoms. The predicted octanol–water partition coefficient (Wildman–Crippen LogP) is 4.97. The second-order valence-electron chi connectivity index (χ2n) is 6.09. The maximum absolute atomic E-state index is 12.4. The van der Waals surface area contributed by atoms with Gasteiger partial charge in [-0.25, -0.2) is 0 Å². The van der Waals surface area contributed by atoms with E-state index in [0.29, 0.717) is 29.6 Å². The van der Waals surface area contributed by atoms with E-state index in [2.05, 4.69) is 0 Å². The molecular weight excluding hydrogens is 318 g/mol. The maximum Gasteiger partial charge on any atom is 0.292 e. The number of fused-ring (bicyclic) bond motifs is 1. The van der Waals surface area contributed by atoms with Gasteiger partial charge in [0.1, 0.15) is 12.2 Å². The third kappa shape index (κ3) is 4.08. The van der Waals surface area contributed by atoms with Crippen molar-refractivity contribution in [1.29, 1.82) is 0 Å². The van der Waals surface area contributed by atoms with Crippen molar-refractivity contribution < 1.29 is 13.5 Å². The SMILES string of the molecule is Cc1c(OCc2ccc(CCCC[18F])cc2)oc2ccccc2c1=O. The molecule has 0 fully saturated rings. The Labute approximate surface area is 146 Å². The lowest BCUT2D eigenvalue weighted by atomic mass is 10.1. The molecule has 3 aromatic rings. The average molecular weight is 339 g/mol. The van der Waals surface area contributed by atoms with E-state index in [0.717, 1.165) is 18.4 Å². The van der Waals surface area contributed by atoms with Gasteiger partial charge in [-0.15, -0.1) is 0 Å². The topological polar surface area (TPSA) is 39.4 Å². The van der Waals surface area contributed by atoms with Crippen molar-refractivity contribution in [2.24, 2.45) is 0 Å². The minimum atomic E-state index is -0.262. The molecule has 0 atom stereocenters. The second kappa shape index (κ2) is 7.97. The Hall–Kier alpha value is -2.62. The first-order chi connectivity index (χ1) is 12.2. The Kier molecular flexibility index (Phi) is 5.49. The van der Waals surface area contributed by atoms with Crippen LogP contribution in [-0.4, -0.2) is 6.67 Å². The third-order valence-corrected chi connectivity index (χ3v) is 4.22. The van der Waals surface area contributed by atoms with Gasteiger partial charge in [0, 0.05) is 0 Å². The predicted molar refractivity (Wildman–Crippen MR) is 96.9 cm³/mol. The first-order valence-electron chi connectivity index (χ1n) is 8.48. The standard InChI is InChI=1S/C21H21FO3/c1-15-20(23)18-7-2-3-8-19(18)25-21(15)24-14-17-11-9-16(10-12-17)6-4-5-13-22/h2-3,7-12H,4-6,13-14H2,1H3/i22-1. The molecule has 2 aromatic carbocycles. The highest BCUT2D eigenvalue weighted by Gasteiger charge is 2.11. The third-order valence-electron chi connectivity index (χ3n) is 4.22. The summed E-state index contributed by atoms with van der Waals surface area (Å²) in [4.78, 5) is 12.4.